The van der Waals surface area contributed by atoms with Gasteiger partial charge in [0.1, 0.15) is 0 Å². The third kappa shape index (κ3) is 3.99. The molecular weight excluding hydrogens is 280 g/mol. The molecule has 9 heteroatoms. The van der Waals surface area contributed by atoms with Crippen molar-refractivity contribution in [1.82, 2.24) is 0 Å². The summed E-state index contributed by atoms with van der Waals surface area (Å²) in [7, 11) is 0. The molecule has 0 fully saturated rings. The van der Waals surface area contributed by atoms with Gasteiger partial charge in [0.05, 0.1) is 0 Å². The van der Waals surface area contributed by atoms with Crippen molar-refractivity contribution >= 4 is 6.08 Å². The highest BCUT2D eigenvalue weighted by Crippen LogP contribution is 2.46. The summed E-state index contributed by atoms with van der Waals surface area (Å²) in [5.41, 5.74) is -0.984. The summed E-state index contributed by atoms with van der Waals surface area (Å²) in [4.78, 5) is 14.0. The van der Waals surface area contributed by atoms with Crippen LogP contribution in [0.25, 0.3) is 0 Å². The number of alkyl halides is 6. The van der Waals surface area contributed by atoms with Gasteiger partial charge in [0.15, 0.2) is 11.7 Å². The average Bonchev–Trinajstić information content (AvgIpc) is 2.24. The molecule has 0 saturated heterocycles. The van der Waals surface area contributed by atoms with Crippen molar-refractivity contribution in [3.63, 3.8) is 0 Å². The van der Waals surface area contributed by atoms with Gasteiger partial charge in [0, 0.05) is 5.16 Å². The number of hydrogen-bond donors (Lipinski definition) is 0. The molecule has 0 amide bonds. The van der Waals surface area contributed by atoms with Gasteiger partial charge in [-0.05, 0) is 17.7 Å². The number of halogens is 6. The van der Waals surface area contributed by atoms with E-state index in [-0.39, 0.29) is 5.75 Å². The number of benzene rings is 1. The minimum atomic E-state index is -5.46. The molecule has 0 aromatic heterocycles. The maximum atomic E-state index is 12.4. The Kier molecular flexibility index (Phi) is 4.21. The second-order valence-electron chi connectivity index (χ2n) is 3.36. The Hall–Kier alpha value is -2.02. The molecule has 0 aliphatic carbocycles. The highest BCUT2D eigenvalue weighted by atomic mass is 19.4. The van der Waals surface area contributed by atoms with Crippen LogP contribution in [0.2, 0.25) is 0 Å². The summed E-state index contributed by atoms with van der Waals surface area (Å²) in [6.45, 7) is 0. The molecule has 3 nitrogen and oxygen atoms in total. The fourth-order valence-electron chi connectivity index (χ4n) is 1.36. The SMILES string of the molecule is O=C=NOc1ccc(C(C(F)(F)F)C(F)(F)F)cc1. The number of rotatable bonds is 3. The number of hydrogen-bond acceptors (Lipinski definition) is 3. The van der Waals surface area contributed by atoms with Gasteiger partial charge in [-0.25, -0.2) is 4.79 Å². The summed E-state index contributed by atoms with van der Waals surface area (Å²) in [5.74, 6) is -3.76. The molecular formula is C10H5F6NO2. The summed E-state index contributed by atoms with van der Waals surface area (Å²) in [6, 6.07) is 2.86. The van der Waals surface area contributed by atoms with Gasteiger partial charge in [-0.1, -0.05) is 12.1 Å². The first kappa shape index (κ1) is 15.0. The summed E-state index contributed by atoms with van der Waals surface area (Å²) >= 11 is 0. The van der Waals surface area contributed by atoms with Crippen LogP contribution in [0.15, 0.2) is 29.4 Å². The zero-order chi connectivity index (χ0) is 14.7. The highest BCUT2D eigenvalue weighted by Gasteiger charge is 2.57. The third-order valence-electron chi connectivity index (χ3n) is 2.06. The first-order valence-electron chi connectivity index (χ1n) is 4.64. The van der Waals surface area contributed by atoms with E-state index >= 15 is 0 Å². The van der Waals surface area contributed by atoms with Crippen molar-refractivity contribution in [2.24, 2.45) is 5.16 Å². The molecule has 0 heterocycles. The van der Waals surface area contributed by atoms with Crippen molar-refractivity contribution in [3.8, 4) is 5.75 Å². The predicted octanol–water partition coefficient (Wildman–Crippen LogP) is 3.52. The molecule has 1 aromatic rings. The molecule has 1 aromatic carbocycles. The lowest BCUT2D eigenvalue weighted by atomic mass is 9.98. The Morgan fingerprint density at radius 3 is 1.84 bits per heavy atom. The number of carbonyl (C=O) groups excluding carboxylic acids is 1. The highest BCUT2D eigenvalue weighted by molar-refractivity contribution is 5.34. The maximum absolute atomic E-state index is 12.4. The molecule has 0 spiro atoms. The predicted molar refractivity (Wildman–Crippen MR) is 50.0 cm³/mol. The Bertz CT molecular complexity index is 458. The topological polar surface area (TPSA) is 38.7 Å². The molecule has 0 unspecified atom stereocenters. The fourth-order valence-corrected chi connectivity index (χ4v) is 1.36. The van der Waals surface area contributed by atoms with E-state index in [4.69, 9.17) is 0 Å². The van der Waals surface area contributed by atoms with Crippen molar-refractivity contribution in [2.45, 2.75) is 18.3 Å². The fraction of sp³-hybridized carbons (Fsp3) is 0.300. The number of nitrogens with zero attached hydrogens (tertiary/aromatic N) is 1. The molecule has 0 radical (unpaired) electrons. The second-order valence-corrected chi connectivity index (χ2v) is 3.36. The van der Waals surface area contributed by atoms with E-state index < -0.39 is 23.8 Å². The van der Waals surface area contributed by atoms with Gasteiger partial charge in [-0.2, -0.15) is 26.3 Å². The van der Waals surface area contributed by atoms with Gasteiger partial charge in [-0.15, -0.1) is 0 Å². The van der Waals surface area contributed by atoms with Gasteiger partial charge < -0.3 is 4.84 Å². The van der Waals surface area contributed by atoms with E-state index in [9.17, 15) is 31.1 Å². The minimum absolute atomic E-state index is 0.185. The Morgan fingerprint density at radius 1 is 1.00 bits per heavy atom. The zero-order valence-electron chi connectivity index (χ0n) is 8.92. The molecule has 0 atom stereocenters. The van der Waals surface area contributed by atoms with E-state index in [0.717, 1.165) is 18.2 Å². The van der Waals surface area contributed by atoms with Crippen molar-refractivity contribution < 1.29 is 36.0 Å². The average molecular weight is 285 g/mol. The quantitative estimate of drug-likeness (QED) is 0.369. The Morgan fingerprint density at radius 2 is 1.47 bits per heavy atom. The number of isocyanates is 1. The van der Waals surface area contributed by atoms with E-state index in [1.54, 1.807) is 0 Å². The Balaban J connectivity index is 3.08. The molecule has 0 aliphatic rings. The first-order valence-corrected chi connectivity index (χ1v) is 4.64. The molecule has 104 valence electrons. The van der Waals surface area contributed by atoms with E-state index in [0.29, 0.717) is 12.1 Å². The van der Waals surface area contributed by atoms with Crippen LogP contribution < -0.4 is 4.84 Å². The van der Waals surface area contributed by atoms with Gasteiger partial charge in [0.2, 0.25) is 0 Å². The van der Waals surface area contributed by atoms with Gasteiger partial charge >= 0.3 is 12.4 Å². The van der Waals surface area contributed by atoms with Crippen LogP contribution in [0.4, 0.5) is 26.3 Å². The molecule has 19 heavy (non-hydrogen) atoms. The van der Waals surface area contributed by atoms with Gasteiger partial charge in [0.25, 0.3) is 6.08 Å². The van der Waals surface area contributed by atoms with Crippen LogP contribution in [0.1, 0.15) is 11.5 Å². The Labute approximate surface area is 102 Å². The smallest absolute Gasteiger partial charge is 0.346 e. The lowest BCUT2D eigenvalue weighted by Gasteiger charge is -2.23. The van der Waals surface area contributed by atoms with E-state index in [2.05, 4.69) is 9.99 Å². The van der Waals surface area contributed by atoms with Crippen molar-refractivity contribution in [3.05, 3.63) is 29.8 Å². The molecule has 0 bridgehead atoms. The van der Waals surface area contributed by atoms with E-state index in [1.807, 2.05) is 0 Å². The summed E-state index contributed by atoms with van der Waals surface area (Å²) in [5, 5.41) is 2.66. The zero-order valence-corrected chi connectivity index (χ0v) is 8.92. The second kappa shape index (κ2) is 5.31. The minimum Gasteiger partial charge on any atom is -0.346 e. The standard InChI is InChI=1S/C10H5F6NO2/c11-9(12,13)8(10(14,15)16)6-1-3-7(4-2-6)19-17-5-18/h1-4,8H. The molecule has 0 N–H and O–H groups in total. The molecule has 1 rings (SSSR count). The van der Waals surface area contributed by atoms with Crippen LogP contribution in [0.3, 0.4) is 0 Å². The summed E-state index contributed by atoms with van der Waals surface area (Å²) in [6.07, 6.45) is -9.92. The maximum Gasteiger partial charge on any atom is 0.404 e. The monoisotopic (exact) mass is 285 g/mol. The van der Waals surface area contributed by atoms with Crippen LogP contribution >= 0.6 is 0 Å². The van der Waals surface area contributed by atoms with Crippen molar-refractivity contribution in [2.75, 3.05) is 0 Å². The normalized spacial score (nSPS) is 12.2. The first-order chi connectivity index (χ1) is 8.66. The lowest BCUT2D eigenvalue weighted by Crippen LogP contribution is -2.34. The molecule has 0 aliphatic heterocycles. The van der Waals surface area contributed by atoms with Crippen molar-refractivity contribution in [1.29, 1.82) is 0 Å². The van der Waals surface area contributed by atoms with Crippen LogP contribution in [0.5, 0.6) is 5.75 Å². The third-order valence-corrected chi connectivity index (χ3v) is 2.06. The summed E-state index contributed by atoms with van der Waals surface area (Å²) < 4.78 is 74.3. The van der Waals surface area contributed by atoms with E-state index in [1.165, 1.54) is 0 Å². The van der Waals surface area contributed by atoms with Gasteiger partial charge in [-0.3, -0.25) is 0 Å². The lowest BCUT2D eigenvalue weighted by molar-refractivity contribution is -0.253. The van der Waals surface area contributed by atoms with Crippen LogP contribution in [0, 0.1) is 0 Å². The van der Waals surface area contributed by atoms with Crippen LogP contribution in [-0.2, 0) is 4.79 Å². The largest absolute Gasteiger partial charge is 0.404 e. The molecule has 0 saturated carbocycles. The van der Waals surface area contributed by atoms with Crippen LogP contribution in [-0.4, -0.2) is 18.4 Å².